The Bertz CT molecular complexity index is 980. The molecule has 1 unspecified atom stereocenters. The number of benzene rings is 2. The molecule has 0 saturated carbocycles. The maximum atomic E-state index is 13.7. The zero-order valence-electron chi connectivity index (χ0n) is 16.2. The minimum absolute atomic E-state index is 0.176. The number of halogens is 2. The predicted octanol–water partition coefficient (Wildman–Crippen LogP) is 5.27. The van der Waals surface area contributed by atoms with Crippen molar-refractivity contribution in [3.8, 4) is 0 Å². The number of aromatic nitrogens is 1. The summed E-state index contributed by atoms with van der Waals surface area (Å²) in [5.41, 5.74) is 2.06. The van der Waals surface area contributed by atoms with Crippen LogP contribution < -0.4 is 4.90 Å². The minimum Gasteiger partial charge on any atom is -0.288 e. The van der Waals surface area contributed by atoms with Crippen LogP contribution >= 0.6 is 23.4 Å². The highest BCUT2D eigenvalue weighted by atomic mass is 35.5. The third-order valence-electron chi connectivity index (χ3n) is 5.03. The number of anilines is 1. The van der Waals surface area contributed by atoms with Crippen LogP contribution in [0.15, 0.2) is 73.1 Å². The maximum Gasteiger partial charge on any atom is 0.259 e. The average molecular weight is 442 g/mol. The smallest absolute Gasteiger partial charge is 0.259 e. The number of hydrogen-bond donors (Lipinski definition) is 0. The van der Waals surface area contributed by atoms with Gasteiger partial charge in [-0.3, -0.25) is 19.6 Å². The SMILES string of the molecule is O=C(c1ccc(Cl)cc1)N(c1ccc(F)cc1)C(c1cccnc1)N1CCSCC1. The first-order chi connectivity index (χ1) is 14.6. The number of amides is 1. The summed E-state index contributed by atoms with van der Waals surface area (Å²) in [4.78, 5) is 22.0. The molecular formula is C23H21ClFN3OS. The molecule has 7 heteroatoms. The van der Waals surface area contributed by atoms with Crippen molar-refractivity contribution in [2.24, 2.45) is 0 Å². The van der Waals surface area contributed by atoms with Gasteiger partial charge in [0, 0.05) is 58.8 Å². The molecule has 1 amide bonds. The second-order valence-corrected chi connectivity index (χ2v) is 8.63. The van der Waals surface area contributed by atoms with Crippen LogP contribution in [0.3, 0.4) is 0 Å². The summed E-state index contributed by atoms with van der Waals surface area (Å²) in [7, 11) is 0. The first-order valence-corrected chi connectivity index (χ1v) is 11.2. The van der Waals surface area contributed by atoms with Gasteiger partial charge in [-0.05, 0) is 54.6 Å². The van der Waals surface area contributed by atoms with Gasteiger partial charge in [0.2, 0.25) is 0 Å². The quantitative estimate of drug-likeness (QED) is 0.540. The molecule has 0 N–H and O–H groups in total. The molecule has 3 aromatic rings. The van der Waals surface area contributed by atoms with Crippen molar-refractivity contribution in [2.75, 3.05) is 29.5 Å². The molecule has 1 aromatic heterocycles. The monoisotopic (exact) mass is 441 g/mol. The molecule has 0 aliphatic carbocycles. The fraction of sp³-hybridized carbons (Fsp3) is 0.217. The molecule has 30 heavy (non-hydrogen) atoms. The number of thioether (sulfide) groups is 1. The number of hydrogen-bond acceptors (Lipinski definition) is 4. The van der Waals surface area contributed by atoms with Gasteiger partial charge in [0.15, 0.2) is 0 Å². The largest absolute Gasteiger partial charge is 0.288 e. The van der Waals surface area contributed by atoms with E-state index in [4.69, 9.17) is 11.6 Å². The molecule has 1 fully saturated rings. The topological polar surface area (TPSA) is 36.4 Å². The van der Waals surface area contributed by atoms with Crippen LogP contribution in [0, 0.1) is 5.82 Å². The lowest BCUT2D eigenvalue weighted by Gasteiger charge is -2.41. The average Bonchev–Trinajstić information content (AvgIpc) is 2.79. The standard InChI is InChI=1S/C23H21ClFN3OS/c24-19-5-3-17(4-6-19)23(29)28(21-9-7-20(25)8-10-21)22(18-2-1-11-26-16-18)27-12-14-30-15-13-27/h1-11,16,22H,12-15H2. The number of pyridine rings is 1. The van der Waals surface area contributed by atoms with E-state index >= 15 is 0 Å². The van der Waals surface area contributed by atoms with Crippen molar-refractivity contribution in [1.29, 1.82) is 0 Å². The van der Waals surface area contributed by atoms with Gasteiger partial charge in [0.25, 0.3) is 5.91 Å². The Hall–Kier alpha value is -2.41. The zero-order chi connectivity index (χ0) is 20.9. The molecular weight excluding hydrogens is 421 g/mol. The van der Waals surface area contributed by atoms with Crippen LogP contribution in [0.25, 0.3) is 0 Å². The highest BCUT2D eigenvalue weighted by Gasteiger charge is 2.33. The summed E-state index contributed by atoms with van der Waals surface area (Å²) in [6.07, 6.45) is 3.15. The normalized spacial score (nSPS) is 15.5. The molecule has 0 radical (unpaired) electrons. The van der Waals surface area contributed by atoms with Gasteiger partial charge in [-0.2, -0.15) is 11.8 Å². The van der Waals surface area contributed by atoms with E-state index in [1.54, 1.807) is 53.7 Å². The van der Waals surface area contributed by atoms with E-state index in [9.17, 15) is 9.18 Å². The first-order valence-electron chi connectivity index (χ1n) is 9.70. The van der Waals surface area contributed by atoms with E-state index in [-0.39, 0.29) is 17.9 Å². The highest BCUT2D eigenvalue weighted by molar-refractivity contribution is 7.99. The van der Waals surface area contributed by atoms with Crippen molar-refractivity contribution in [3.63, 3.8) is 0 Å². The van der Waals surface area contributed by atoms with Crippen LogP contribution in [-0.4, -0.2) is 40.4 Å². The second-order valence-electron chi connectivity index (χ2n) is 6.97. The maximum absolute atomic E-state index is 13.7. The van der Waals surface area contributed by atoms with Gasteiger partial charge in [-0.15, -0.1) is 0 Å². The Labute approximate surface area is 184 Å². The molecule has 154 valence electrons. The predicted molar refractivity (Wildman–Crippen MR) is 121 cm³/mol. The summed E-state index contributed by atoms with van der Waals surface area (Å²) in [5.74, 6) is 1.46. The number of nitrogens with zero attached hydrogens (tertiary/aromatic N) is 3. The highest BCUT2D eigenvalue weighted by Crippen LogP contribution is 2.33. The van der Waals surface area contributed by atoms with Crippen molar-refractivity contribution >= 4 is 35.0 Å². The Kier molecular flexibility index (Phi) is 6.67. The third-order valence-corrected chi connectivity index (χ3v) is 6.23. The van der Waals surface area contributed by atoms with Gasteiger partial charge < -0.3 is 0 Å². The third kappa shape index (κ3) is 4.67. The van der Waals surface area contributed by atoms with E-state index in [1.165, 1.54) is 12.1 Å². The molecule has 4 nitrogen and oxygen atoms in total. The van der Waals surface area contributed by atoms with Crippen LogP contribution in [0.2, 0.25) is 5.02 Å². The molecule has 2 aromatic carbocycles. The Balaban J connectivity index is 1.83. The van der Waals surface area contributed by atoms with Crippen LogP contribution in [0.5, 0.6) is 0 Å². The van der Waals surface area contributed by atoms with Crippen molar-refractivity contribution in [2.45, 2.75) is 6.17 Å². The van der Waals surface area contributed by atoms with Crippen LogP contribution in [0.1, 0.15) is 22.1 Å². The molecule has 1 aliphatic heterocycles. The molecule has 0 bridgehead atoms. The Morgan fingerprint density at radius 3 is 2.40 bits per heavy atom. The molecule has 0 spiro atoms. The van der Waals surface area contributed by atoms with Crippen LogP contribution in [0.4, 0.5) is 10.1 Å². The van der Waals surface area contributed by atoms with Gasteiger partial charge in [-0.25, -0.2) is 4.39 Å². The molecule has 1 saturated heterocycles. The minimum atomic E-state index is -0.353. The summed E-state index contributed by atoms with van der Waals surface area (Å²) < 4.78 is 13.7. The zero-order valence-corrected chi connectivity index (χ0v) is 17.8. The van der Waals surface area contributed by atoms with Crippen molar-refractivity contribution in [1.82, 2.24) is 9.88 Å². The van der Waals surface area contributed by atoms with Crippen molar-refractivity contribution in [3.05, 3.63) is 95.0 Å². The lowest BCUT2D eigenvalue weighted by atomic mass is 10.1. The van der Waals surface area contributed by atoms with Gasteiger partial charge in [0.1, 0.15) is 12.0 Å². The van der Waals surface area contributed by atoms with Gasteiger partial charge in [0.05, 0.1) is 0 Å². The summed E-state index contributed by atoms with van der Waals surface area (Å²) in [6.45, 7) is 1.69. The number of carbonyl (C=O) groups is 1. The molecule has 4 rings (SSSR count). The fourth-order valence-corrected chi connectivity index (χ4v) is 4.63. The summed E-state index contributed by atoms with van der Waals surface area (Å²) in [5, 5.41) is 0.566. The van der Waals surface area contributed by atoms with E-state index in [0.717, 1.165) is 30.2 Å². The first kappa shape index (κ1) is 20.8. The Morgan fingerprint density at radius 2 is 1.77 bits per heavy atom. The summed E-state index contributed by atoms with van der Waals surface area (Å²) >= 11 is 7.93. The lowest BCUT2D eigenvalue weighted by Crippen LogP contribution is -2.48. The van der Waals surface area contributed by atoms with E-state index in [1.807, 2.05) is 23.9 Å². The summed E-state index contributed by atoms with van der Waals surface area (Å²) in [6, 6.07) is 16.7. The van der Waals surface area contributed by atoms with Crippen LogP contribution in [-0.2, 0) is 0 Å². The van der Waals surface area contributed by atoms with E-state index in [0.29, 0.717) is 16.3 Å². The second kappa shape index (κ2) is 9.60. The molecule has 2 heterocycles. The molecule has 1 atom stereocenters. The van der Waals surface area contributed by atoms with Gasteiger partial charge >= 0.3 is 0 Å². The fourth-order valence-electron chi connectivity index (χ4n) is 3.58. The number of carbonyl (C=O) groups excluding carboxylic acids is 1. The lowest BCUT2D eigenvalue weighted by molar-refractivity contribution is 0.0928. The van der Waals surface area contributed by atoms with Crippen molar-refractivity contribution < 1.29 is 9.18 Å². The van der Waals surface area contributed by atoms with Gasteiger partial charge in [-0.1, -0.05) is 17.7 Å². The molecule has 1 aliphatic rings. The Morgan fingerprint density at radius 1 is 1.07 bits per heavy atom. The van der Waals surface area contributed by atoms with E-state index < -0.39 is 0 Å². The number of rotatable bonds is 5. The van der Waals surface area contributed by atoms with E-state index in [2.05, 4.69) is 9.88 Å².